The number of H-pyrrole nitrogens is 1. The monoisotopic (exact) mass is 578 g/mol. The smallest absolute Gasteiger partial charge is 0.323 e. The average molecular weight is 579 g/mol. The average Bonchev–Trinajstić information content (AvgIpc) is 3.64. The van der Waals surface area contributed by atoms with E-state index in [1.807, 2.05) is 6.92 Å². The maximum atomic E-state index is 12.7. The first kappa shape index (κ1) is 27.8. The summed E-state index contributed by atoms with van der Waals surface area (Å²) >= 11 is 6.01. The van der Waals surface area contributed by atoms with E-state index in [9.17, 15) is 9.59 Å². The number of halogens is 1. The van der Waals surface area contributed by atoms with Gasteiger partial charge < -0.3 is 24.3 Å². The second kappa shape index (κ2) is 12.2. The van der Waals surface area contributed by atoms with Gasteiger partial charge in [0.1, 0.15) is 24.1 Å². The van der Waals surface area contributed by atoms with Crippen LogP contribution < -0.4 is 20.9 Å². The minimum absolute atomic E-state index is 0.0106. The van der Waals surface area contributed by atoms with Gasteiger partial charge in [0.2, 0.25) is 5.95 Å². The van der Waals surface area contributed by atoms with Gasteiger partial charge in [-0.3, -0.25) is 19.1 Å². The predicted molar refractivity (Wildman–Crippen MR) is 146 cm³/mol. The fourth-order valence-electron chi connectivity index (χ4n) is 4.81. The number of ether oxygens (including phenoxy) is 2. The van der Waals surface area contributed by atoms with Crippen molar-refractivity contribution in [3.05, 3.63) is 46.0 Å². The van der Waals surface area contributed by atoms with Gasteiger partial charge in [-0.2, -0.15) is 4.98 Å². The summed E-state index contributed by atoms with van der Waals surface area (Å²) in [6, 6.07) is 6.27. The highest BCUT2D eigenvalue weighted by atomic mass is 35.5. The number of nitrogens with zero attached hydrogens (tertiary/aromatic N) is 3. The third-order valence-electron chi connectivity index (χ3n) is 6.80. The molecule has 0 bridgehead atoms. The van der Waals surface area contributed by atoms with Crippen LogP contribution in [0.3, 0.4) is 0 Å². The van der Waals surface area contributed by atoms with Crippen molar-refractivity contribution in [2.24, 2.45) is 5.92 Å². The van der Waals surface area contributed by atoms with E-state index < -0.39 is 26.4 Å². The van der Waals surface area contributed by atoms with Gasteiger partial charge in [-0.15, -0.1) is 0 Å². The number of nitrogens with one attached hydrogen (secondary N) is 2. The molecule has 4 N–H and O–H groups in total. The molecule has 1 aromatic carbocycles. The maximum Gasteiger partial charge on any atom is 0.323 e. The molecule has 2 aliphatic rings. The number of carbonyl (C=O) groups is 1. The van der Waals surface area contributed by atoms with Crippen molar-refractivity contribution >= 4 is 43.2 Å². The Bertz CT molecular complexity index is 1350. The largest absolute Gasteiger partial charge is 0.461 e. The zero-order chi connectivity index (χ0) is 27.5. The fraction of sp³-hybridized carbons (Fsp3) is 0.520. The number of nitrogens with two attached hydrogens (primary N) is 1. The summed E-state index contributed by atoms with van der Waals surface area (Å²) in [5.41, 5.74) is 5.90. The lowest BCUT2D eigenvalue weighted by atomic mass is 10.1. The maximum absolute atomic E-state index is 12.7. The number of anilines is 1. The summed E-state index contributed by atoms with van der Waals surface area (Å²) in [6.07, 6.45) is 5.44. The van der Waals surface area contributed by atoms with Crippen LogP contribution in [0.2, 0.25) is 5.02 Å². The lowest BCUT2D eigenvalue weighted by Gasteiger charge is -2.24. The van der Waals surface area contributed by atoms with Gasteiger partial charge in [0.15, 0.2) is 11.2 Å². The van der Waals surface area contributed by atoms with E-state index in [1.54, 1.807) is 35.8 Å². The summed E-state index contributed by atoms with van der Waals surface area (Å²) in [5.74, 6) is 0.301. The topological polar surface area (TPSA) is 156 Å². The van der Waals surface area contributed by atoms with Crippen LogP contribution in [0, 0.1) is 5.92 Å². The lowest BCUT2D eigenvalue weighted by Crippen LogP contribution is -2.35. The van der Waals surface area contributed by atoms with Crippen LogP contribution in [0.4, 0.5) is 5.95 Å². The molecule has 2 aromatic heterocycles. The molecule has 2 fully saturated rings. The molecule has 3 heterocycles. The van der Waals surface area contributed by atoms with E-state index >= 15 is 0 Å². The summed E-state index contributed by atoms with van der Waals surface area (Å²) in [6.45, 7) is 3.98. The zero-order valence-corrected chi connectivity index (χ0v) is 23.4. The Kier molecular flexibility index (Phi) is 8.68. The molecule has 39 heavy (non-hydrogen) atoms. The second-order valence-electron chi connectivity index (χ2n) is 9.93. The molecule has 1 saturated carbocycles. The number of rotatable bonds is 10. The van der Waals surface area contributed by atoms with Crippen LogP contribution in [-0.2, 0) is 18.8 Å². The molecule has 210 valence electrons. The first-order valence-corrected chi connectivity index (χ1v) is 14.5. The number of hydrogen-bond donors (Lipinski definition) is 3. The van der Waals surface area contributed by atoms with Gasteiger partial charge in [-0.25, -0.2) is 10.1 Å². The Morgan fingerprint density at radius 1 is 1.33 bits per heavy atom. The minimum atomic E-state index is -1.73. The van der Waals surface area contributed by atoms with Gasteiger partial charge in [0.05, 0.1) is 19.0 Å². The highest BCUT2D eigenvalue weighted by Gasteiger charge is 2.36. The Labute approximate surface area is 231 Å². The molecule has 5 rings (SSSR count). The number of hydrogen-bond acceptors (Lipinski definition) is 10. The molecule has 5 unspecified atom stereocenters. The molecule has 1 aliphatic heterocycles. The SMILES string of the molecule is CC(NP(OCC1CC(C)C(n2cnc3c(=O)[nH]c(N)nc32)O1)Oc1ccc(Cl)cc1)C(=O)OC1CCCC1. The van der Waals surface area contributed by atoms with E-state index in [0.29, 0.717) is 22.8 Å². The van der Waals surface area contributed by atoms with Crippen molar-refractivity contribution in [1.82, 2.24) is 24.6 Å². The molecular formula is C25H32ClN6O6P. The van der Waals surface area contributed by atoms with Gasteiger partial charge in [-0.05, 0) is 63.3 Å². The third kappa shape index (κ3) is 6.70. The number of benzene rings is 1. The molecule has 1 saturated heterocycles. The zero-order valence-electron chi connectivity index (χ0n) is 21.7. The van der Waals surface area contributed by atoms with E-state index in [4.69, 9.17) is 35.9 Å². The molecule has 3 aromatic rings. The van der Waals surface area contributed by atoms with Gasteiger partial charge in [0.25, 0.3) is 5.56 Å². The van der Waals surface area contributed by atoms with Crippen LogP contribution in [0.15, 0.2) is 35.4 Å². The number of nitrogen functional groups attached to an aromatic ring is 1. The quantitative estimate of drug-likeness (QED) is 0.237. The summed E-state index contributed by atoms with van der Waals surface area (Å²) in [5, 5.41) is 3.73. The van der Waals surface area contributed by atoms with Crippen molar-refractivity contribution < 1.29 is 23.3 Å². The molecule has 0 spiro atoms. The molecule has 5 atom stereocenters. The third-order valence-corrected chi connectivity index (χ3v) is 8.41. The summed E-state index contributed by atoms with van der Waals surface area (Å²) in [7, 11) is -1.73. The van der Waals surface area contributed by atoms with Crippen LogP contribution in [0.25, 0.3) is 11.2 Å². The number of esters is 1. The van der Waals surface area contributed by atoms with E-state index in [1.165, 1.54) is 6.33 Å². The summed E-state index contributed by atoms with van der Waals surface area (Å²) < 4.78 is 25.9. The normalized spacial score (nSPS) is 23.2. The summed E-state index contributed by atoms with van der Waals surface area (Å²) in [4.78, 5) is 35.8. The van der Waals surface area contributed by atoms with Crippen LogP contribution in [0.5, 0.6) is 5.75 Å². The number of aromatic nitrogens is 4. The van der Waals surface area contributed by atoms with Crippen molar-refractivity contribution in [3.8, 4) is 5.75 Å². The minimum Gasteiger partial charge on any atom is -0.461 e. The van der Waals surface area contributed by atoms with E-state index in [0.717, 1.165) is 25.7 Å². The van der Waals surface area contributed by atoms with Gasteiger partial charge in [0, 0.05) is 10.9 Å². The number of fused-ring (bicyclic) bond motifs is 1. The van der Waals surface area contributed by atoms with Gasteiger partial charge in [-0.1, -0.05) is 18.5 Å². The molecule has 14 heteroatoms. The lowest BCUT2D eigenvalue weighted by molar-refractivity contribution is -0.150. The van der Waals surface area contributed by atoms with Gasteiger partial charge >= 0.3 is 14.5 Å². The fourth-order valence-corrected chi connectivity index (χ4v) is 6.15. The molecule has 1 aliphatic carbocycles. The highest BCUT2D eigenvalue weighted by Crippen LogP contribution is 2.40. The van der Waals surface area contributed by atoms with Crippen molar-refractivity contribution in [3.63, 3.8) is 0 Å². The first-order chi connectivity index (χ1) is 18.8. The van der Waals surface area contributed by atoms with Crippen LogP contribution in [-0.4, -0.2) is 50.3 Å². The Morgan fingerprint density at radius 2 is 2.08 bits per heavy atom. The standard InChI is InChI=1S/C25H32ClN6O6P/c1-14-11-19(36-23(14)32-13-28-20-21(32)29-25(27)30-22(20)33)12-35-39(38-18-9-7-16(26)8-10-18)31-15(2)24(34)37-17-5-3-4-6-17/h7-10,13-15,17,19,23,31H,3-6,11-12H2,1-2H3,(H3,27,29,30,33). The Hall–Kier alpha value is -2.76. The van der Waals surface area contributed by atoms with Crippen LogP contribution in [0.1, 0.15) is 52.2 Å². The van der Waals surface area contributed by atoms with Crippen molar-refractivity contribution in [1.29, 1.82) is 0 Å². The predicted octanol–water partition coefficient (Wildman–Crippen LogP) is 4.07. The van der Waals surface area contributed by atoms with E-state index in [2.05, 4.69) is 20.0 Å². The molecular weight excluding hydrogens is 547 g/mol. The number of aromatic amines is 1. The molecule has 0 amide bonds. The van der Waals surface area contributed by atoms with Crippen molar-refractivity contribution in [2.45, 2.75) is 70.4 Å². The first-order valence-electron chi connectivity index (χ1n) is 13.0. The highest BCUT2D eigenvalue weighted by molar-refractivity contribution is 7.45. The Balaban J connectivity index is 1.24. The number of imidazole rings is 1. The van der Waals surface area contributed by atoms with Crippen molar-refractivity contribution in [2.75, 3.05) is 12.3 Å². The second-order valence-corrected chi connectivity index (χ2v) is 11.6. The number of carbonyl (C=O) groups excluding carboxylic acids is 1. The molecule has 0 radical (unpaired) electrons. The Morgan fingerprint density at radius 3 is 2.82 bits per heavy atom. The van der Waals surface area contributed by atoms with E-state index in [-0.39, 0.29) is 42.2 Å². The van der Waals surface area contributed by atoms with Crippen LogP contribution >= 0.6 is 20.1 Å². The molecule has 12 nitrogen and oxygen atoms in total.